The third-order valence-corrected chi connectivity index (χ3v) is 3.87. The molecule has 0 saturated heterocycles. The number of ether oxygens (including phenoxy) is 1. The first-order chi connectivity index (χ1) is 10.2. The fraction of sp³-hybridized carbons (Fsp3) is 0.500. The van der Waals surface area contributed by atoms with Crippen LogP contribution < -0.4 is 5.32 Å². The lowest BCUT2D eigenvalue weighted by molar-refractivity contribution is 0.0330. The van der Waals surface area contributed by atoms with Crippen molar-refractivity contribution in [3.63, 3.8) is 0 Å². The standard InChI is InChI=1S/C18H26N2O/c1-5-11-19-17(18(21-4)13(2)3)15-10-6-8-14-9-7-12-20-16(14)15/h6-10,12-13,17-19H,5,11H2,1-4H3. The number of aromatic nitrogens is 1. The van der Waals surface area contributed by atoms with E-state index in [2.05, 4.69) is 55.3 Å². The van der Waals surface area contributed by atoms with Gasteiger partial charge < -0.3 is 10.1 Å². The second kappa shape index (κ2) is 7.53. The molecule has 1 heterocycles. The molecule has 21 heavy (non-hydrogen) atoms. The molecule has 1 N–H and O–H groups in total. The van der Waals surface area contributed by atoms with Gasteiger partial charge in [0.25, 0.3) is 0 Å². The summed E-state index contributed by atoms with van der Waals surface area (Å²) in [4.78, 5) is 4.59. The second-order valence-electron chi connectivity index (χ2n) is 5.80. The summed E-state index contributed by atoms with van der Waals surface area (Å²) in [6, 6.07) is 10.6. The van der Waals surface area contributed by atoms with Gasteiger partial charge in [-0.15, -0.1) is 0 Å². The SMILES string of the molecule is CCCNC(c1cccc2cccnc12)C(OC)C(C)C. The third kappa shape index (κ3) is 3.60. The van der Waals surface area contributed by atoms with Crippen LogP contribution in [0.5, 0.6) is 0 Å². The van der Waals surface area contributed by atoms with E-state index in [-0.39, 0.29) is 12.1 Å². The number of benzene rings is 1. The van der Waals surface area contributed by atoms with Gasteiger partial charge in [-0.25, -0.2) is 0 Å². The summed E-state index contributed by atoms with van der Waals surface area (Å²) >= 11 is 0. The van der Waals surface area contributed by atoms with E-state index in [9.17, 15) is 0 Å². The largest absolute Gasteiger partial charge is 0.379 e. The van der Waals surface area contributed by atoms with E-state index in [4.69, 9.17) is 4.74 Å². The molecule has 0 aliphatic rings. The molecule has 3 nitrogen and oxygen atoms in total. The smallest absolute Gasteiger partial charge is 0.0789 e. The topological polar surface area (TPSA) is 34.2 Å². The van der Waals surface area contributed by atoms with Crippen molar-refractivity contribution in [1.29, 1.82) is 0 Å². The third-order valence-electron chi connectivity index (χ3n) is 3.87. The van der Waals surface area contributed by atoms with Gasteiger partial charge in [-0.3, -0.25) is 4.98 Å². The second-order valence-corrected chi connectivity index (χ2v) is 5.80. The average molecular weight is 286 g/mol. The fourth-order valence-corrected chi connectivity index (χ4v) is 2.87. The van der Waals surface area contributed by atoms with Crippen LogP contribution in [0.2, 0.25) is 0 Å². The van der Waals surface area contributed by atoms with Gasteiger partial charge >= 0.3 is 0 Å². The number of nitrogens with one attached hydrogen (secondary N) is 1. The molecule has 0 amide bonds. The molecular formula is C18H26N2O. The summed E-state index contributed by atoms with van der Waals surface area (Å²) < 4.78 is 5.78. The number of hydrogen-bond acceptors (Lipinski definition) is 3. The lowest BCUT2D eigenvalue weighted by Gasteiger charge is -2.30. The zero-order chi connectivity index (χ0) is 15.2. The first kappa shape index (κ1) is 15.9. The van der Waals surface area contributed by atoms with Crippen molar-refractivity contribution in [2.75, 3.05) is 13.7 Å². The Bertz CT molecular complexity index is 563. The fourth-order valence-electron chi connectivity index (χ4n) is 2.87. The van der Waals surface area contributed by atoms with Crippen molar-refractivity contribution in [2.45, 2.75) is 39.3 Å². The molecule has 114 valence electrons. The van der Waals surface area contributed by atoms with E-state index in [0.717, 1.165) is 18.5 Å². The number of fused-ring (bicyclic) bond motifs is 1. The normalized spacial score (nSPS) is 14.5. The van der Waals surface area contributed by atoms with E-state index in [1.165, 1.54) is 10.9 Å². The molecule has 0 aliphatic heterocycles. The van der Waals surface area contributed by atoms with Gasteiger partial charge in [-0.1, -0.05) is 45.0 Å². The van der Waals surface area contributed by atoms with Gasteiger partial charge in [0.1, 0.15) is 0 Å². The summed E-state index contributed by atoms with van der Waals surface area (Å²) in [5.74, 6) is 0.434. The predicted octanol–water partition coefficient (Wildman–Crippen LogP) is 3.95. The van der Waals surface area contributed by atoms with Crippen LogP contribution in [0.15, 0.2) is 36.5 Å². The van der Waals surface area contributed by atoms with Crippen molar-refractivity contribution in [2.24, 2.45) is 5.92 Å². The Kier molecular flexibility index (Phi) is 5.71. The molecule has 0 saturated carbocycles. The molecule has 2 atom stereocenters. The highest BCUT2D eigenvalue weighted by molar-refractivity contribution is 5.82. The zero-order valence-electron chi connectivity index (χ0n) is 13.5. The van der Waals surface area contributed by atoms with E-state index < -0.39 is 0 Å². The molecule has 0 radical (unpaired) electrons. The molecule has 3 heteroatoms. The molecule has 2 rings (SSSR count). The van der Waals surface area contributed by atoms with E-state index in [0.29, 0.717) is 5.92 Å². The summed E-state index contributed by atoms with van der Waals surface area (Å²) in [6.07, 6.45) is 3.09. The molecule has 0 aliphatic carbocycles. The van der Waals surface area contributed by atoms with Crippen molar-refractivity contribution < 1.29 is 4.74 Å². The summed E-state index contributed by atoms with van der Waals surface area (Å²) in [5, 5.41) is 4.82. The monoisotopic (exact) mass is 286 g/mol. The highest BCUT2D eigenvalue weighted by atomic mass is 16.5. The highest BCUT2D eigenvalue weighted by Gasteiger charge is 2.27. The van der Waals surface area contributed by atoms with Gasteiger partial charge in [0, 0.05) is 18.7 Å². The predicted molar refractivity (Wildman–Crippen MR) is 88.4 cm³/mol. The van der Waals surface area contributed by atoms with Crippen molar-refractivity contribution in [3.05, 3.63) is 42.1 Å². The van der Waals surface area contributed by atoms with Crippen LogP contribution in [0.1, 0.15) is 38.8 Å². The molecule has 0 bridgehead atoms. The Hall–Kier alpha value is -1.45. The maximum Gasteiger partial charge on any atom is 0.0789 e. The Labute approximate surface area is 127 Å². The molecular weight excluding hydrogens is 260 g/mol. The average Bonchev–Trinajstić information content (AvgIpc) is 2.50. The molecule has 0 fully saturated rings. The minimum atomic E-state index is 0.129. The summed E-state index contributed by atoms with van der Waals surface area (Å²) in [7, 11) is 1.80. The van der Waals surface area contributed by atoms with Crippen LogP contribution in [-0.2, 0) is 4.74 Å². The van der Waals surface area contributed by atoms with Crippen molar-refractivity contribution in [3.8, 4) is 0 Å². The number of methoxy groups -OCH3 is 1. The van der Waals surface area contributed by atoms with Gasteiger partial charge in [-0.05, 0) is 30.5 Å². The molecule has 0 spiro atoms. The first-order valence-corrected chi connectivity index (χ1v) is 7.78. The highest BCUT2D eigenvalue weighted by Crippen LogP contribution is 2.29. The van der Waals surface area contributed by atoms with Crippen molar-refractivity contribution >= 4 is 10.9 Å². The maximum atomic E-state index is 5.78. The lowest BCUT2D eigenvalue weighted by Crippen LogP contribution is -2.37. The number of pyridine rings is 1. The molecule has 2 unspecified atom stereocenters. The number of rotatable bonds is 7. The summed E-state index contributed by atoms with van der Waals surface area (Å²) in [5.41, 5.74) is 2.29. The van der Waals surface area contributed by atoms with E-state index in [1.807, 2.05) is 12.3 Å². The van der Waals surface area contributed by atoms with Crippen LogP contribution in [0.3, 0.4) is 0 Å². The Morgan fingerprint density at radius 2 is 1.95 bits per heavy atom. The first-order valence-electron chi connectivity index (χ1n) is 7.78. The zero-order valence-corrected chi connectivity index (χ0v) is 13.5. The molecule has 1 aromatic carbocycles. The van der Waals surface area contributed by atoms with Gasteiger partial charge in [-0.2, -0.15) is 0 Å². The number of nitrogens with zero attached hydrogens (tertiary/aromatic N) is 1. The van der Waals surface area contributed by atoms with Crippen molar-refractivity contribution in [1.82, 2.24) is 10.3 Å². The van der Waals surface area contributed by atoms with Crippen LogP contribution in [0.25, 0.3) is 10.9 Å². The minimum Gasteiger partial charge on any atom is -0.379 e. The van der Waals surface area contributed by atoms with Gasteiger partial charge in [0.15, 0.2) is 0 Å². The summed E-state index contributed by atoms with van der Waals surface area (Å²) in [6.45, 7) is 7.56. The van der Waals surface area contributed by atoms with Crippen LogP contribution >= 0.6 is 0 Å². The number of para-hydroxylation sites is 1. The van der Waals surface area contributed by atoms with Crippen LogP contribution in [0, 0.1) is 5.92 Å². The molecule has 2 aromatic rings. The Morgan fingerprint density at radius 1 is 1.19 bits per heavy atom. The minimum absolute atomic E-state index is 0.129. The molecule has 1 aromatic heterocycles. The Balaban J connectivity index is 2.47. The van der Waals surface area contributed by atoms with Gasteiger partial charge in [0.2, 0.25) is 0 Å². The van der Waals surface area contributed by atoms with E-state index >= 15 is 0 Å². The van der Waals surface area contributed by atoms with Gasteiger partial charge in [0.05, 0.1) is 17.7 Å². The number of hydrogen-bond donors (Lipinski definition) is 1. The quantitative estimate of drug-likeness (QED) is 0.837. The maximum absolute atomic E-state index is 5.78. The Morgan fingerprint density at radius 3 is 2.62 bits per heavy atom. The van der Waals surface area contributed by atoms with Crippen LogP contribution in [0.4, 0.5) is 0 Å². The van der Waals surface area contributed by atoms with E-state index in [1.54, 1.807) is 7.11 Å². The lowest BCUT2D eigenvalue weighted by atomic mass is 9.91. The van der Waals surface area contributed by atoms with Crippen LogP contribution in [-0.4, -0.2) is 24.7 Å².